The summed E-state index contributed by atoms with van der Waals surface area (Å²) in [7, 11) is 3.48. The summed E-state index contributed by atoms with van der Waals surface area (Å²) in [4.78, 5) is 6.78. The van der Waals surface area contributed by atoms with Crippen LogP contribution < -0.4 is 15.4 Å². The van der Waals surface area contributed by atoms with Gasteiger partial charge in [0.05, 0.1) is 20.3 Å². The fourth-order valence-corrected chi connectivity index (χ4v) is 3.00. The summed E-state index contributed by atoms with van der Waals surface area (Å²) in [5.74, 6) is 1.68. The van der Waals surface area contributed by atoms with Crippen molar-refractivity contribution in [2.75, 3.05) is 40.5 Å². The predicted molar refractivity (Wildman–Crippen MR) is 113 cm³/mol. The van der Waals surface area contributed by atoms with E-state index in [1.54, 1.807) is 14.2 Å². The number of nitrogens with zero attached hydrogens (tertiary/aromatic N) is 2. The molecule has 1 aliphatic rings. The van der Waals surface area contributed by atoms with Gasteiger partial charge in [-0.3, -0.25) is 9.89 Å². The lowest BCUT2D eigenvalue weighted by Crippen LogP contribution is -2.52. The molecule has 2 N–H and O–H groups in total. The zero-order valence-corrected chi connectivity index (χ0v) is 17.9. The molecule has 1 saturated heterocycles. The van der Waals surface area contributed by atoms with E-state index in [9.17, 15) is 0 Å². The van der Waals surface area contributed by atoms with Crippen molar-refractivity contribution in [1.29, 1.82) is 0 Å². The second kappa shape index (κ2) is 11.5. The third-order valence-electron chi connectivity index (χ3n) is 4.41. The zero-order valence-electron chi connectivity index (χ0n) is 15.6. The first-order chi connectivity index (χ1) is 11.7. The van der Waals surface area contributed by atoms with Crippen molar-refractivity contribution >= 4 is 29.9 Å². The van der Waals surface area contributed by atoms with Crippen molar-refractivity contribution in [3.8, 4) is 5.75 Å². The number of rotatable bonds is 6. The first-order valence-electron chi connectivity index (χ1n) is 8.55. The Morgan fingerprint density at radius 1 is 1.40 bits per heavy atom. The number of morpholine rings is 1. The number of halogens is 1. The summed E-state index contributed by atoms with van der Waals surface area (Å²) >= 11 is 0. The van der Waals surface area contributed by atoms with Crippen LogP contribution in [0.3, 0.4) is 0 Å². The molecule has 0 aromatic heterocycles. The lowest BCUT2D eigenvalue weighted by atomic mass is 10.2. The fourth-order valence-electron chi connectivity index (χ4n) is 3.00. The molecule has 7 heteroatoms. The minimum atomic E-state index is 0. The SMILES string of the molecule is CN=C(NCc1ccccc1OC)NCC(C)N1CCOCC1C.I. The van der Waals surface area contributed by atoms with Crippen molar-refractivity contribution in [1.82, 2.24) is 15.5 Å². The first kappa shape index (κ1) is 22.0. The van der Waals surface area contributed by atoms with Crippen molar-refractivity contribution in [2.45, 2.75) is 32.5 Å². The number of benzene rings is 1. The van der Waals surface area contributed by atoms with Crippen molar-refractivity contribution in [3.05, 3.63) is 29.8 Å². The molecule has 142 valence electrons. The molecular formula is C18H31IN4O2. The lowest BCUT2D eigenvalue weighted by molar-refractivity contribution is -0.0174. The van der Waals surface area contributed by atoms with E-state index in [4.69, 9.17) is 9.47 Å². The van der Waals surface area contributed by atoms with Gasteiger partial charge in [0, 0.05) is 44.3 Å². The van der Waals surface area contributed by atoms with Crippen molar-refractivity contribution in [3.63, 3.8) is 0 Å². The lowest BCUT2D eigenvalue weighted by Gasteiger charge is -2.38. The van der Waals surface area contributed by atoms with Crippen LogP contribution in [0.5, 0.6) is 5.75 Å². The molecule has 2 rings (SSSR count). The standard InChI is InChI=1S/C18H30N4O2.HI/c1-14(22-9-10-24-13-15(22)2)11-20-18(19-3)21-12-16-7-5-6-8-17(16)23-4;/h5-8,14-15H,9-13H2,1-4H3,(H2,19,20,21);1H. The van der Waals surface area contributed by atoms with Gasteiger partial charge in [-0.25, -0.2) is 0 Å². The largest absolute Gasteiger partial charge is 0.496 e. The Morgan fingerprint density at radius 3 is 2.84 bits per heavy atom. The molecule has 1 aliphatic heterocycles. The smallest absolute Gasteiger partial charge is 0.191 e. The highest BCUT2D eigenvalue weighted by atomic mass is 127. The maximum atomic E-state index is 5.51. The second-order valence-corrected chi connectivity index (χ2v) is 6.13. The number of hydrogen-bond donors (Lipinski definition) is 2. The topological polar surface area (TPSA) is 58.1 Å². The van der Waals surface area contributed by atoms with Gasteiger partial charge in [-0.2, -0.15) is 0 Å². The van der Waals surface area contributed by atoms with Gasteiger partial charge < -0.3 is 20.1 Å². The maximum absolute atomic E-state index is 5.51. The molecule has 6 nitrogen and oxygen atoms in total. The Labute approximate surface area is 168 Å². The summed E-state index contributed by atoms with van der Waals surface area (Å²) in [6.07, 6.45) is 0. The molecule has 1 aromatic rings. The molecule has 0 aliphatic carbocycles. The molecule has 0 saturated carbocycles. The fraction of sp³-hybridized carbons (Fsp3) is 0.611. The molecular weight excluding hydrogens is 431 g/mol. The molecule has 0 spiro atoms. The van der Waals surface area contributed by atoms with Crippen LogP contribution in [-0.4, -0.2) is 63.4 Å². The Hall–Kier alpha value is -1.06. The van der Waals surface area contributed by atoms with Crippen LogP contribution in [0.15, 0.2) is 29.3 Å². The van der Waals surface area contributed by atoms with Crippen LogP contribution in [0.25, 0.3) is 0 Å². The molecule has 0 amide bonds. The summed E-state index contributed by atoms with van der Waals surface area (Å²) in [5.41, 5.74) is 1.11. The first-order valence-corrected chi connectivity index (χ1v) is 8.55. The number of ether oxygens (including phenoxy) is 2. The summed E-state index contributed by atoms with van der Waals surface area (Å²) in [5, 5.41) is 6.76. The van der Waals surface area contributed by atoms with E-state index in [1.165, 1.54) is 0 Å². The predicted octanol–water partition coefficient (Wildman–Crippen LogP) is 2.09. The Kier molecular flexibility index (Phi) is 10.1. The molecule has 1 fully saturated rings. The zero-order chi connectivity index (χ0) is 17.4. The molecule has 2 unspecified atom stereocenters. The minimum absolute atomic E-state index is 0. The molecule has 2 atom stereocenters. The molecule has 1 aromatic carbocycles. The van der Waals surface area contributed by atoms with Gasteiger partial charge >= 0.3 is 0 Å². The second-order valence-electron chi connectivity index (χ2n) is 6.13. The Bertz CT molecular complexity index is 542. The monoisotopic (exact) mass is 462 g/mol. The van der Waals surface area contributed by atoms with E-state index in [2.05, 4.69) is 40.4 Å². The van der Waals surface area contributed by atoms with Crippen LogP contribution in [0, 0.1) is 0 Å². The number of para-hydroxylation sites is 1. The molecule has 1 heterocycles. The van der Waals surface area contributed by atoms with E-state index >= 15 is 0 Å². The number of methoxy groups -OCH3 is 1. The molecule has 0 radical (unpaired) electrons. The average molecular weight is 462 g/mol. The van der Waals surface area contributed by atoms with Crippen molar-refractivity contribution in [2.24, 2.45) is 4.99 Å². The summed E-state index contributed by atoms with van der Waals surface area (Å²) in [6.45, 7) is 8.58. The van der Waals surface area contributed by atoms with Crippen LogP contribution in [0.4, 0.5) is 0 Å². The van der Waals surface area contributed by atoms with E-state index < -0.39 is 0 Å². The van der Waals surface area contributed by atoms with Gasteiger partial charge in [-0.1, -0.05) is 18.2 Å². The number of aliphatic imine (C=N–C) groups is 1. The average Bonchev–Trinajstić information content (AvgIpc) is 2.62. The highest BCUT2D eigenvalue weighted by Gasteiger charge is 2.23. The normalized spacial score (nSPS) is 19.7. The van der Waals surface area contributed by atoms with E-state index in [1.807, 2.05) is 18.2 Å². The van der Waals surface area contributed by atoms with Gasteiger partial charge in [-0.15, -0.1) is 24.0 Å². The Morgan fingerprint density at radius 2 is 2.16 bits per heavy atom. The number of guanidine groups is 1. The highest BCUT2D eigenvalue weighted by molar-refractivity contribution is 14.0. The molecule has 0 bridgehead atoms. The van der Waals surface area contributed by atoms with Crippen LogP contribution in [-0.2, 0) is 11.3 Å². The quantitative estimate of drug-likeness (QED) is 0.385. The molecule has 25 heavy (non-hydrogen) atoms. The van der Waals surface area contributed by atoms with Gasteiger partial charge in [0.25, 0.3) is 0 Å². The van der Waals surface area contributed by atoms with Gasteiger partial charge in [-0.05, 0) is 19.9 Å². The van der Waals surface area contributed by atoms with Crippen LogP contribution in [0.1, 0.15) is 19.4 Å². The van der Waals surface area contributed by atoms with E-state index in [-0.39, 0.29) is 24.0 Å². The summed E-state index contributed by atoms with van der Waals surface area (Å²) < 4.78 is 10.9. The van der Waals surface area contributed by atoms with Crippen LogP contribution in [0.2, 0.25) is 0 Å². The number of nitrogens with one attached hydrogen (secondary N) is 2. The Balaban J connectivity index is 0.00000312. The van der Waals surface area contributed by atoms with Crippen LogP contribution >= 0.6 is 24.0 Å². The van der Waals surface area contributed by atoms with Gasteiger partial charge in [0.15, 0.2) is 5.96 Å². The highest BCUT2D eigenvalue weighted by Crippen LogP contribution is 2.16. The third-order valence-corrected chi connectivity index (χ3v) is 4.41. The summed E-state index contributed by atoms with van der Waals surface area (Å²) in [6, 6.07) is 8.89. The van der Waals surface area contributed by atoms with E-state index in [0.29, 0.717) is 18.6 Å². The third kappa shape index (κ3) is 6.63. The van der Waals surface area contributed by atoms with Gasteiger partial charge in [0.2, 0.25) is 0 Å². The number of hydrogen-bond acceptors (Lipinski definition) is 4. The maximum Gasteiger partial charge on any atom is 0.191 e. The minimum Gasteiger partial charge on any atom is -0.496 e. The van der Waals surface area contributed by atoms with Gasteiger partial charge in [0.1, 0.15) is 5.75 Å². The van der Waals surface area contributed by atoms with Crippen molar-refractivity contribution < 1.29 is 9.47 Å². The van der Waals surface area contributed by atoms with E-state index in [0.717, 1.165) is 43.6 Å².